The lowest BCUT2D eigenvalue weighted by Gasteiger charge is -2.06. The van der Waals surface area contributed by atoms with Gasteiger partial charge in [-0.1, -0.05) is 6.07 Å². The van der Waals surface area contributed by atoms with E-state index in [2.05, 4.69) is 22.4 Å². The maximum Gasteiger partial charge on any atom is 0.0703 e. The van der Waals surface area contributed by atoms with Crippen molar-refractivity contribution in [2.24, 2.45) is 0 Å². The molecule has 3 nitrogen and oxygen atoms in total. The Bertz CT molecular complexity index is 442. The Hall–Kier alpha value is -1.61. The van der Waals surface area contributed by atoms with E-state index in [0.717, 1.165) is 23.1 Å². The van der Waals surface area contributed by atoms with Crippen molar-refractivity contribution in [3.05, 3.63) is 36.5 Å². The Balaban J connectivity index is 2.16. The molecule has 0 aliphatic rings. The van der Waals surface area contributed by atoms with Crippen LogP contribution >= 0.6 is 0 Å². The van der Waals surface area contributed by atoms with Crippen LogP contribution in [0.15, 0.2) is 36.5 Å². The molecule has 2 aromatic rings. The lowest BCUT2D eigenvalue weighted by molar-refractivity contribution is 0.211. The first kappa shape index (κ1) is 9.93. The van der Waals surface area contributed by atoms with E-state index >= 15 is 0 Å². The fourth-order valence-corrected chi connectivity index (χ4v) is 1.48. The van der Waals surface area contributed by atoms with Crippen LogP contribution in [0.3, 0.4) is 0 Å². The van der Waals surface area contributed by atoms with Crippen molar-refractivity contribution in [2.45, 2.75) is 0 Å². The zero-order valence-corrected chi connectivity index (χ0v) is 8.73. The highest BCUT2D eigenvalue weighted by Gasteiger charge is 1.95. The minimum atomic E-state index is 0.713. The normalized spacial score (nSPS) is 10.5. The minimum Gasteiger partial charge on any atom is -0.383 e. The van der Waals surface area contributed by atoms with Crippen LogP contribution in [-0.4, -0.2) is 25.2 Å². The SMILES string of the molecule is COCCNc1ccc2ncccc2c1. The molecule has 0 radical (unpaired) electrons. The molecule has 1 heterocycles. The molecular weight excluding hydrogens is 188 g/mol. The fourth-order valence-electron chi connectivity index (χ4n) is 1.48. The van der Waals surface area contributed by atoms with Gasteiger partial charge in [0.1, 0.15) is 0 Å². The summed E-state index contributed by atoms with van der Waals surface area (Å²) in [4.78, 5) is 4.27. The van der Waals surface area contributed by atoms with Crippen LogP contribution in [0.1, 0.15) is 0 Å². The van der Waals surface area contributed by atoms with E-state index in [-0.39, 0.29) is 0 Å². The Labute approximate surface area is 89.1 Å². The third kappa shape index (κ3) is 2.44. The summed E-state index contributed by atoms with van der Waals surface area (Å²) in [6.07, 6.45) is 1.81. The minimum absolute atomic E-state index is 0.713. The molecule has 2 rings (SSSR count). The first-order valence-corrected chi connectivity index (χ1v) is 4.98. The van der Waals surface area contributed by atoms with E-state index in [1.54, 1.807) is 13.3 Å². The standard InChI is InChI=1S/C12H14N2O/c1-15-8-7-13-11-4-5-12-10(9-11)3-2-6-14-12/h2-6,9,13H,7-8H2,1H3. The molecule has 0 unspecified atom stereocenters. The van der Waals surface area contributed by atoms with E-state index < -0.39 is 0 Å². The van der Waals surface area contributed by atoms with Gasteiger partial charge in [0, 0.05) is 30.9 Å². The number of benzene rings is 1. The van der Waals surface area contributed by atoms with Crippen LogP contribution in [0, 0.1) is 0 Å². The number of methoxy groups -OCH3 is 1. The molecule has 0 saturated heterocycles. The predicted octanol–water partition coefficient (Wildman–Crippen LogP) is 2.29. The number of ether oxygens (including phenoxy) is 1. The molecule has 1 N–H and O–H groups in total. The largest absolute Gasteiger partial charge is 0.383 e. The molecule has 1 aromatic carbocycles. The summed E-state index contributed by atoms with van der Waals surface area (Å²) in [5, 5.41) is 4.44. The molecule has 0 spiro atoms. The highest BCUT2D eigenvalue weighted by Crippen LogP contribution is 2.16. The van der Waals surface area contributed by atoms with Gasteiger partial charge in [0.2, 0.25) is 0 Å². The fraction of sp³-hybridized carbons (Fsp3) is 0.250. The van der Waals surface area contributed by atoms with Crippen molar-refractivity contribution in [1.82, 2.24) is 4.98 Å². The average molecular weight is 202 g/mol. The van der Waals surface area contributed by atoms with E-state index in [1.165, 1.54) is 0 Å². The molecule has 0 saturated carbocycles. The number of aromatic nitrogens is 1. The maximum absolute atomic E-state index is 4.98. The molecule has 1 aromatic heterocycles. The van der Waals surface area contributed by atoms with E-state index in [9.17, 15) is 0 Å². The van der Waals surface area contributed by atoms with Crippen LogP contribution in [0.25, 0.3) is 10.9 Å². The average Bonchev–Trinajstić information content (AvgIpc) is 2.29. The molecule has 0 bridgehead atoms. The van der Waals surface area contributed by atoms with Gasteiger partial charge in [-0.15, -0.1) is 0 Å². The summed E-state index contributed by atoms with van der Waals surface area (Å²) in [6, 6.07) is 10.2. The second-order valence-electron chi connectivity index (χ2n) is 3.33. The third-order valence-electron chi connectivity index (χ3n) is 2.24. The first-order valence-electron chi connectivity index (χ1n) is 4.98. The number of rotatable bonds is 4. The Morgan fingerprint density at radius 3 is 3.13 bits per heavy atom. The van der Waals surface area contributed by atoms with Crippen LogP contribution in [0.2, 0.25) is 0 Å². The smallest absolute Gasteiger partial charge is 0.0703 e. The van der Waals surface area contributed by atoms with Gasteiger partial charge in [-0.05, 0) is 24.3 Å². The molecule has 3 heteroatoms. The van der Waals surface area contributed by atoms with Gasteiger partial charge in [0.05, 0.1) is 12.1 Å². The van der Waals surface area contributed by atoms with E-state index in [0.29, 0.717) is 6.61 Å². The molecule has 78 valence electrons. The predicted molar refractivity (Wildman–Crippen MR) is 62.1 cm³/mol. The molecule has 15 heavy (non-hydrogen) atoms. The summed E-state index contributed by atoms with van der Waals surface area (Å²) in [7, 11) is 1.70. The van der Waals surface area contributed by atoms with Gasteiger partial charge in [-0.2, -0.15) is 0 Å². The number of nitrogens with zero attached hydrogens (tertiary/aromatic N) is 1. The van der Waals surface area contributed by atoms with Gasteiger partial charge in [-0.3, -0.25) is 4.98 Å². The van der Waals surface area contributed by atoms with Crippen LogP contribution < -0.4 is 5.32 Å². The zero-order chi connectivity index (χ0) is 10.5. The van der Waals surface area contributed by atoms with Crippen molar-refractivity contribution in [1.29, 1.82) is 0 Å². The molecule has 0 aliphatic carbocycles. The topological polar surface area (TPSA) is 34.1 Å². The van der Waals surface area contributed by atoms with Gasteiger partial charge >= 0.3 is 0 Å². The van der Waals surface area contributed by atoms with Gasteiger partial charge < -0.3 is 10.1 Å². The molecule has 0 fully saturated rings. The first-order chi connectivity index (χ1) is 7.40. The van der Waals surface area contributed by atoms with Crippen LogP contribution in [-0.2, 0) is 4.74 Å². The van der Waals surface area contributed by atoms with Crippen molar-refractivity contribution in [2.75, 3.05) is 25.6 Å². The number of fused-ring (bicyclic) bond motifs is 1. The highest BCUT2D eigenvalue weighted by atomic mass is 16.5. The quantitative estimate of drug-likeness (QED) is 0.772. The monoisotopic (exact) mass is 202 g/mol. The van der Waals surface area contributed by atoms with Crippen molar-refractivity contribution >= 4 is 16.6 Å². The number of pyridine rings is 1. The van der Waals surface area contributed by atoms with Gasteiger partial charge in [0.15, 0.2) is 0 Å². The van der Waals surface area contributed by atoms with E-state index in [1.807, 2.05) is 18.2 Å². The van der Waals surface area contributed by atoms with Crippen LogP contribution in [0.4, 0.5) is 5.69 Å². The Kier molecular flexibility index (Phi) is 3.15. The summed E-state index contributed by atoms with van der Waals surface area (Å²) < 4.78 is 4.98. The van der Waals surface area contributed by atoms with Crippen molar-refractivity contribution in [3.8, 4) is 0 Å². The molecule has 0 amide bonds. The maximum atomic E-state index is 4.98. The van der Waals surface area contributed by atoms with Gasteiger partial charge in [0.25, 0.3) is 0 Å². The summed E-state index contributed by atoms with van der Waals surface area (Å²) >= 11 is 0. The number of anilines is 1. The lowest BCUT2D eigenvalue weighted by atomic mass is 10.2. The van der Waals surface area contributed by atoms with Crippen molar-refractivity contribution < 1.29 is 4.74 Å². The Morgan fingerprint density at radius 1 is 1.33 bits per heavy atom. The molecule has 0 atom stereocenters. The lowest BCUT2D eigenvalue weighted by Crippen LogP contribution is -2.07. The molecular formula is C12H14N2O. The number of hydrogen-bond acceptors (Lipinski definition) is 3. The second kappa shape index (κ2) is 4.75. The van der Waals surface area contributed by atoms with Crippen molar-refractivity contribution in [3.63, 3.8) is 0 Å². The number of hydrogen-bond donors (Lipinski definition) is 1. The summed E-state index contributed by atoms with van der Waals surface area (Å²) in [5.74, 6) is 0. The van der Waals surface area contributed by atoms with E-state index in [4.69, 9.17) is 4.74 Å². The highest BCUT2D eigenvalue weighted by molar-refractivity contribution is 5.82. The molecule has 0 aliphatic heterocycles. The zero-order valence-electron chi connectivity index (χ0n) is 8.73. The van der Waals surface area contributed by atoms with Gasteiger partial charge in [-0.25, -0.2) is 0 Å². The Morgan fingerprint density at radius 2 is 2.27 bits per heavy atom. The summed E-state index contributed by atoms with van der Waals surface area (Å²) in [5.41, 5.74) is 2.13. The second-order valence-corrected chi connectivity index (χ2v) is 3.33. The van der Waals surface area contributed by atoms with Crippen LogP contribution in [0.5, 0.6) is 0 Å². The number of nitrogens with one attached hydrogen (secondary N) is 1. The third-order valence-corrected chi connectivity index (χ3v) is 2.24. The summed E-state index contributed by atoms with van der Waals surface area (Å²) in [6.45, 7) is 1.54.